The summed E-state index contributed by atoms with van der Waals surface area (Å²) in [7, 11) is -4.78. The number of sulfone groups is 1. The highest BCUT2D eigenvalue weighted by molar-refractivity contribution is 7.90. The maximum absolute atomic E-state index is 11.8. The molecule has 0 bridgehead atoms. The van der Waals surface area contributed by atoms with E-state index in [2.05, 4.69) is 15.6 Å². The van der Waals surface area contributed by atoms with Gasteiger partial charge in [0.05, 0.1) is 11.2 Å². The molecule has 0 radical (unpaired) electrons. The summed E-state index contributed by atoms with van der Waals surface area (Å²) in [6, 6.07) is 5.14. The number of benzene rings is 1. The lowest BCUT2D eigenvalue weighted by Gasteiger charge is -2.23. The summed E-state index contributed by atoms with van der Waals surface area (Å²) < 4.78 is 48.5. The van der Waals surface area contributed by atoms with E-state index in [9.17, 15) is 16.8 Å². The van der Waals surface area contributed by atoms with E-state index in [-0.39, 0.29) is 6.04 Å². The van der Waals surface area contributed by atoms with E-state index in [0.717, 1.165) is 18.4 Å². The highest BCUT2D eigenvalue weighted by atomic mass is 32.2. The van der Waals surface area contributed by atoms with Crippen molar-refractivity contribution in [2.24, 2.45) is 4.99 Å². The Morgan fingerprint density at radius 2 is 1.93 bits per heavy atom. The topological polar surface area (TPSA) is 108 Å². The number of hydrogen-bond acceptors (Lipinski definition) is 5. The van der Waals surface area contributed by atoms with Gasteiger partial charge in [-0.25, -0.2) is 16.8 Å². The van der Waals surface area contributed by atoms with Gasteiger partial charge in [-0.2, -0.15) is 4.31 Å². The van der Waals surface area contributed by atoms with E-state index in [0.29, 0.717) is 36.1 Å². The summed E-state index contributed by atoms with van der Waals surface area (Å²) in [5.41, 5.74) is 1.64. The van der Waals surface area contributed by atoms with Crippen molar-refractivity contribution >= 4 is 25.8 Å². The van der Waals surface area contributed by atoms with Gasteiger partial charge in [-0.15, -0.1) is 0 Å². The normalized spacial score (nSPS) is 19.3. The minimum absolute atomic E-state index is 0.0742. The summed E-state index contributed by atoms with van der Waals surface area (Å²) in [6.45, 7) is 3.29. The molecule has 0 aliphatic carbocycles. The Balaban J connectivity index is 1.94. The zero-order valence-corrected chi connectivity index (χ0v) is 17.8. The fourth-order valence-electron chi connectivity index (χ4n) is 3.31. The van der Waals surface area contributed by atoms with Gasteiger partial charge in [-0.05, 0) is 37.0 Å². The van der Waals surface area contributed by atoms with E-state index >= 15 is 0 Å². The van der Waals surface area contributed by atoms with Crippen LogP contribution in [-0.4, -0.2) is 65.8 Å². The number of rotatable bonds is 6. The number of nitrogens with one attached hydrogen (secondary N) is 2. The van der Waals surface area contributed by atoms with E-state index in [1.54, 1.807) is 26.1 Å². The van der Waals surface area contributed by atoms with Gasteiger partial charge in [0, 0.05) is 39.0 Å². The lowest BCUT2D eigenvalue weighted by atomic mass is 10.1. The summed E-state index contributed by atoms with van der Waals surface area (Å²) in [4.78, 5) is 4.49. The molecule has 1 heterocycles. The Labute approximate surface area is 162 Å². The van der Waals surface area contributed by atoms with Crippen molar-refractivity contribution in [3.63, 3.8) is 0 Å². The Bertz CT molecular complexity index is 911. The molecule has 27 heavy (non-hydrogen) atoms. The highest BCUT2D eigenvalue weighted by Crippen LogP contribution is 2.19. The van der Waals surface area contributed by atoms with E-state index in [4.69, 9.17) is 0 Å². The van der Waals surface area contributed by atoms with E-state index in [1.807, 2.05) is 6.07 Å². The molecule has 8 nitrogen and oxygen atoms in total. The molecular weight excluding hydrogens is 388 g/mol. The maximum Gasteiger partial charge on any atom is 0.211 e. The second-order valence-corrected chi connectivity index (χ2v) is 10.8. The molecule has 0 aromatic heterocycles. The first-order valence-corrected chi connectivity index (χ1v) is 12.5. The summed E-state index contributed by atoms with van der Waals surface area (Å²) in [6.07, 6.45) is 4.11. The largest absolute Gasteiger partial charge is 0.355 e. The predicted octanol–water partition coefficient (Wildman–Crippen LogP) is 0.488. The standard InChI is InChI=1S/C17H28N4O4S2/c1-13-10-14(7-8-16(13)26(3,22)23)11-19-17(18-2)20-12-15-6-5-9-21(15)27(4,24)25/h7-8,10,15H,5-6,9,11-12H2,1-4H3,(H2,18,19,20)/t15-/m1/s1. The van der Waals surface area contributed by atoms with Gasteiger partial charge >= 0.3 is 0 Å². The number of nitrogens with zero attached hydrogens (tertiary/aromatic N) is 2. The fourth-order valence-corrected chi connectivity index (χ4v) is 5.45. The summed E-state index contributed by atoms with van der Waals surface area (Å²) in [5, 5.41) is 6.34. The van der Waals surface area contributed by atoms with Crippen LogP contribution in [0.2, 0.25) is 0 Å². The molecule has 2 rings (SSSR count). The van der Waals surface area contributed by atoms with E-state index in [1.165, 1.54) is 16.8 Å². The molecule has 0 amide bonds. The predicted molar refractivity (Wildman–Crippen MR) is 107 cm³/mol. The summed E-state index contributed by atoms with van der Waals surface area (Å²) >= 11 is 0. The first-order valence-electron chi connectivity index (χ1n) is 8.73. The Morgan fingerprint density at radius 1 is 1.22 bits per heavy atom. The molecule has 1 saturated heterocycles. The van der Waals surface area contributed by atoms with Crippen molar-refractivity contribution in [1.82, 2.24) is 14.9 Å². The monoisotopic (exact) mass is 416 g/mol. The van der Waals surface area contributed by atoms with Crippen molar-refractivity contribution in [1.29, 1.82) is 0 Å². The quantitative estimate of drug-likeness (QED) is 0.516. The molecule has 10 heteroatoms. The number of sulfonamides is 1. The molecule has 1 fully saturated rings. The minimum Gasteiger partial charge on any atom is -0.355 e. The third-order valence-electron chi connectivity index (χ3n) is 4.58. The molecule has 1 aliphatic heterocycles. The molecule has 1 aromatic carbocycles. The number of guanidine groups is 1. The molecule has 0 saturated carbocycles. The van der Waals surface area contributed by atoms with Gasteiger partial charge < -0.3 is 10.6 Å². The van der Waals surface area contributed by atoms with Crippen molar-refractivity contribution in [2.45, 2.75) is 37.2 Å². The van der Waals surface area contributed by atoms with Crippen molar-refractivity contribution in [3.8, 4) is 0 Å². The van der Waals surface area contributed by atoms with Crippen LogP contribution in [0, 0.1) is 6.92 Å². The van der Waals surface area contributed by atoms with Crippen LogP contribution in [-0.2, 0) is 26.4 Å². The third-order valence-corrected chi connectivity index (χ3v) is 7.17. The Hall–Kier alpha value is -1.65. The molecule has 1 atom stereocenters. The molecule has 0 spiro atoms. The van der Waals surface area contributed by atoms with Crippen LogP contribution < -0.4 is 10.6 Å². The van der Waals surface area contributed by atoms with Crippen LogP contribution in [0.4, 0.5) is 0 Å². The van der Waals surface area contributed by atoms with Crippen LogP contribution >= 0.6 is 0 Å². The lowest BCUT2D eigenvalue weighted by molar-refractivity contribution is 0.387. The third kappa shape index (κ3) is 5.91. The number of hydrogen-bond donors (Lipinski definition) is 2. The van der Waals surface area contributed by atoms with Crippen LogP contribution in [0.25, 0.3) is 0 Å². The first kappa shape index (κ1) is 21.6. The van der Waals surface area contributed by atoms with Gasteiger partial charge in [0.15, 0.2) is 15.8 Å². The zero-order valence-electron chi connectivity index (χ0n) is 16.2. The number of aliphatic imine (C=N–C) groups is 1. The van der Waals surface area contributed by atoms with Crippen LogP contribution in [0.3, 0.4) is 0 Å². The zero-order chi connectivity index (χ0) is 20.2. The molecule has 1 aromatic rings. The van der Waals surface area contributed by atoms with Gasteiger partial charge in [0.1, 0.15) is 0 Å². The molecule has 0 unspecified atom stereocenters. The molecule has 152 valence electrons. The molecular formula is C17H28N4O4S2. The number of aryl methyl sites for hydroxylation is 1. The average molecular weight is 417 g/mol. The smallest absolute Gasteiger partial charge is 0.211 e. The molecule has 2 N–H and O–H groups in total. The Kier molecular flexibility index (Phi) is 6.87. The van der Waals surface area contributed by atoms with Crippen molar-refractivity contribution in [2.75, 3.05) is 32.6 Å². The SMILES string of the molecule is CN=C(NCc1ccc(S(C)(=O)=O)c(C)c1)NC[C@H]1CCCN1S(C)(=O)=O. The van der Waals surface area contributed by atoms with E-state index < -0.39 is 19.9 Å². The van der Waals surface area contributed by atoms with Crippen molar-refractivity contribution in [3.05, 3.63) is 29.3 Å². The van der Waals surface area contributed by atoms with Gasteiger partial charge in [-0.3, -0.25) is 4.99 Å². The average Bonchev–Trinajstić information content (AvgIpc) is 3.02. The Morgan fingerprint density at radius 3 is 2.48 bits per heavy atom. The second-order valence-electron chi connectivity index (χ2n) is 6.85. The minimum atomic E-state index is -3.23. The lowest BCUT2D eigenvalue weighted by Crippen LogP contribution is -2.46. The summed E-state index contributed by atoms with van der Waals surface area (Å²) in [5.74, 6) is 0.570. The van der Waals surface area contributed by atoms with Crippen LogP contribution in [0.5, 0.6) is 0 Å². The van der Waals surface area contributed by atoms with Gasteiger partial charge in [-0.1, -0.05) is 12.1 Å². The van der Waals surface area contributed by atoms with Crippen molar-refractivity contribution < 1.29 is 16.8 Å². The first-order chi connectivity index (χ1) is 12.5. The van der Waals surface area contributed by atoms with Gasteiger partial charge in [0.25, 0.3) is 0 Å². The fraction of sp³-hybridized carbons (Fsp3) is 0.588. The highest BCUT2D eigenvalue weighted by Gasteiger charge is 2.31. The molecule has 1 aliphatic rings. The second kappa shape index (κ2) is 8.57. The van der Waals surface area contributed by atoms with Crippen LogP contribution in [0.1, 0.15) is 24.0 Å². The maximum atomic E-state index is 11.8. The van der Waals surface area contributed by atoms with Gasteiger partial charge in [0.2, 0.25) is 10.0 Å². The van der Waals surface area contributed by atoms with Crippen LogP contribution in [0.15, 0.2) is 28.1 Å².